The Hall–Kier alpha value is -0.740. The van der Waals surface area contributed by atoms with Crippen LogP contribution in [0, 0.1) is 5.41 Å². The van der Waals surface area contributed by atoms with Crippen molar-refractivity contribution in [3.8, 4) is 5.75 Å². The van der Waals surface area contributed by atoms with Gasteiger partial charge in [0.1, 0.15) is 5.75 Å². The summed E-state index contributed by atoms with van der Waals surface area (Å²) in [5.74, 6) is 0.531. The van der Waals surface area contributed by atoms with Gasteiger partial charge in [0.05, 0.1) is 0 Å². The summed E-state index contributed by atoms with van der Waals surface area (Å²) in [7, 11) is 0. The van der Waals surface area contributed by atoms with Crippen LogP contribution in [0.25, 0.3) is 0 Å². The van der Waals surface area contributed by atoms with Gasteiger partial charge >= 0.3 is 0 Å². The summed E-state index contributed by atoms with van der Waals surface area (Å²) in [6.07, 6.45) is 4.30. The number of halogens is 2. The molecule has 0 heterocycles. The zero-order valence-corrected chi connectivity index (χ0v) is 14.5. The zero-order chi connectivity index (χ0) is 15.3. The number of benzene rings is 1. The maximum Gasteiger partial charge on any atom is 0.260 e. The summed E-state index contributed by atoms with van der Waals surface area (Å²) >= 11 is 9.49. The number of carbonyl (C=O) groups excluding carboxylic acids is 1. The second-order valence-electron chi connectivity index (χ2n) is 5.78. The normalized spacial score (nSPS) is 18.2. The lowest BCUT2D eigenvalue weighted by Gasteiger charge is -2.27. The van der Waals surface area contributed by atoms with Gasteiger partial charge in [0, 0.05) is 16.9 Å². The first kappa shape index (κ1) is 16.6. The number of hydrogen-bond donors (Lipinski definition) is 1. The van der Waals surface area contributed by atoms with Gasteiger partial charge in [-0.05, 0) is 43.4 Å². The molecule has 116 valence electrons. The molecule has 5 heteroatoms. The predicted octanol–water partition coefficient (Wildman–Crippen LogP) is 4.18. The quantitative estimate of drug-likeness (QED) is 0.759. The smallest absolute Gasteiger partial charge is 0.260 e. The summed E-state index contributed by atoms with van der Waals surface area (Å²) in [6, 6.07) is 7.09. The number of carbonyl (C=O) groups is 1. The van der Waals surface area contributed by atoms with Crippen molar-refractivity contribution in [1.82, 2.24) is 5.32 Å². The summed E-state index contributed by atoms with van der Waals surface area (Å²) in [4.78, 5) is 12.2. The summed E-state index contributed by atoms with van der Waals surface area (Å²) < 4.78 is 5.63. The van der Waals surface area contributed by atoms with E-state index in [0.29, 0.717) is 17.3 Å². The minimum Gasteiger partial charge on any atom is -0.481 e. The van der Waals surface area contributed by atoms with Crippen LogP contribution < -0.4 is 10.1 Å². The van der Waals surface area contributed by atoms with Crippen molar-refractivity contribution in [2.75, 3.05) is 11.9 Å². The molecule has 1 saturated carbocycles. The standard InChI is InChI=1S/C16H21BrClNO2/c1-12(21-14-6-4-5-13(18)9-14)15(20)19-11-16(10-17)7-2-3-8-16/h4-6,9,12H,2-3,7-8,10-11H2,1H3,(H,19,20). The Labute approximate surface area is 139 Å². The highest BCUT2D eigenvalue weighted by Gasteiger charge is 2.33. The average molecular weight is 375 g/mol. The van der Waals surface area contributed by atoms with Crippen molar-refractivity contribution >= 4 is 33.4 Å². The third-order valence-corrected chi connectivity index (χ3v) is 5.49. The predicted molar refractivity (Wildman–Crippen MR) is 89.2 cm³/mol. The van der Waals surface area contributed by atoms with Crippen LogP contribution in [-0.2, 0) is 4.79 Å². The van der Waals surface area contributed by atoms with Gasteiger partial charge in [-0.25, -0.2) is 0 Å². The molecular formula is C16H21BrClNO2. The Bertz CT molecular complexity index is 489. The molecule has 1 fully saturated rings. The summed E-state index contributed by atoms with van der Waals surface area (Å²) in [5, 5.41) is 4.56. The van der Waals surface area contributed by atoms with Crippen molar-refractivity contribution in [3.05, 3.63) is 29.3 Å². The van der Waals surface area contributed by atoms with E-state index in [-0.39, 0.29) is 11.3 Å². The van der Waals surface area contributed by atoms with Crippen molar-refractivity contribution in [1.29, 1.82) is 0 Å². The lowest BCUT2D eigenvalue weighted by atomic mass is 9.89. The van der Waals surface area contributed by atoms with Crippen LogP contribution in [0.5, 0.6) is 5.75 Å². The molecule has 1 amide bonds. The third-order valence-electron chi connectivity index (χ3n) is 4.06. The van der Waals surface area contributed by atoms with E-state index in [2.05, 4.69) is 21.2 Å². The second-order valence-corrected chi connectivity index (χ2v) is 6.77. The maximum atomic E-state index is 12.2. The Balaban J connectivity index is 1.85. The lowest BCUT2D eigenvalue weighted by molar-refractivity contribution is -0.127. The molecule has 0 saturated heterocycles. The van der Waals surface area contributed by atoms with Gasteiger partial charge in [-0.2, -0.15) is 0 Å². The van der Waals surface area contributed by atoms with E-state index in [1.165, 1.54) is 25.7 Å². The molecular weight excluding hydrogens is 354 g/mol. The molecule has 2 rings (SSSR count). The molecule has 0 radical (unpaired) electrons. The van der Waals surface area contributed by atoms with Crippen molar-refractivity contribution in [3.63, 3.8) is 0 Å². The van der Waals surface area contributed by atoms with Gasteiger partial charge in [0.2, 0.25) is 0 Å². The first-order chi connectivity index (χ1) is 10.0. The fourth-order valence-electron chi connectivity index (χ4n) is 2.70. The fraction of sp³-hybridized carbons (Fsp3) is 0.562. The molecule has 1 atom stereocenters. The van der Waals surface area contributed by atoms with Gasteiger partial charge < -0.3 is 10.1 Å². The first-order valence-corrected chi connectivity index (χ1v) is 8.80. The van der Waals surface area contributed by atoms with E-state index >= 15 is 0 Å². The minimum atomic E-state index is -0.530. The average Bonchev–Trinajstić information content (AvgIpc) is 2.94. The SMILES string of the molecule is CC(Oc1cccc(Cl)c1)C(=O)NCC1(CBr)CCCC1. The van der Waals surface area contributed by atoms with Crippen LogP contribution in [0.1, 0.15) is 32.6 Å². The molecule has 21 heavy (non-hydrogen) atoms. The number of hydrogen-bond acceptors (Lipinski definition) is 2. The zero-order valence-electron chi connectivity index (χ0n) is 12.2. The molecule has 1 N–H and O–H groups in total. The molecule has 3 nitrogen and oxygen atoms in total. The number of ether oxygens (including phenoxy) is 1. The van der Waals surface area contributed by atoms with Gasteiger partial charge in [-0.3, -0.25) is 4.79 Å². The highest BCUT2D eigenvalue weighted by atomic mass is 79.9. The van der Waals surface area contributed by atoms with Gasteiger partial charge in [0.25, 0.3) is 5.91 Å². The lowest BCUT2D eigenvalue weighted by Crippen LogP contribution is -2.42. The molecule has 1 aliphatic carbocycles. The number of amides is 1. The maximum absolute atomic E-state index is 12.2. The van der Waals surface area contributed by atoms with E-state index in [1.807, 2.05) is 0 Å². The fourth-order valence-corrected chi connectivity index (χ4v) is 3.64. The monoisotopic (exact) mass is 373 g/mol. The molecule has 1 aromatic carbocycles. The van der Waals surface area contributed by atoms with E-state index in [1.54, 1.807) is 31.2 Å². The van der Waals surface area contributed by atoms with Crippen LogP contribution in [0.4, 0.5) is 0 Å². The Kier molecular flexibility index (Phi) is 5.94. The highest BCUT2D eigenvalue weighted by molar-refractivity contribution is 9.09. The largest absolute Gasteiger partial charge is 0.481 e. The number of alkyl halides is 1. The number of nitrogens with one attached hydrogen (secondary N) is 1. The van der Waals surface area contributed by atoms with E-state index in [4.69, 9.17) is 16.3 Å². The van der Waals surface area contributed by atoms with Crippen molar-refractivity contribution in [2.24, 2.45) is 5.41 Å². The van der Waals surface area contributed by atoms with E-state index < -0.39 is 6.10 Å². The van der Waals surface area contributed by atoms with Crippen LogP contribution in [0.3, 0.4) is 0 Å². The first-order valence-electron chi connectivity index (χ1n) is 7.31. The Morgan fingerprint density at radius 2 is 2.19 bits per heavy atom. The molecule has 0 bridgehead atoms. The van der Waals surface area contributed by atoms with Crippen molar-refractivity contribution in [2.45, 2.75) is 38.7 Å². The Morgan fingerprint density at radius 3 is 2.81 bits per heavy atom. The molecule has 1 aliphatic rings. The molecule has 0 spiro atoms. The van der Waals surface area contributed by atoms with E-state index in [0.717, 1.165) is 5.33 Å². The van der Waals surface area contributed by atoms with Gasteiger partial charge in [0.15, 0.2) is 6.10 Å². The van der Waals surface area contributed by atoms with E-state index in [9.17, 15) is 4.79 Å². The summed E-state index contributed by atoms with van der Waals surface area (Å²) in [6.45, 7) is 2.46. The molecule has 1 unspecified atom stereocenters. The van der Waals surface area contributed by atoms with Gasteiger partial charge in [-0.1, -0.05) is 46.4 Å². The number of rotatable bonds is 6. The summed E-state index contributed by atoms with van der Waals surface area (Å²) in [5.41, 5.74) is 0.214. The Morgan fingerprint density at radius 1 is 1.48 bits per heavy atom. The van der Waals surface area contributed by atoms with Crippen LogP contribution >= 0.6 is 27.5 Å². The topological polar surface area (TPSA) is 38.3 Å². The third kappa shape index (κ3) is 4.62. The highest BCUT2D eigenvalue weighted by Crippen LogP contribution is 2.38. The second kappa shape index (κ2) is 7.50. The van der Waals surface area contributed by atoms with Crippen LogP contribution in [0.15, 0.2) is 24.3 Å². The molecule has 1 aromatic rings. The molecule has 0 aliphatic heterocycles. The van der Waals surface area contributed by atoms with Crippen molar-refractivity contribution < 1.29 is 9.53 Å². The van der Waals surface area contributed by atoms with Gasteiger partial charge in [-0.15, -0.1) is 0 Å². The van der Waals surface area contributed by atoms with Crippen LogP contribution in [-0.4, -0.2) is 23.9 Å². The van der Waals surface area contributed by atoms with Crippen LogP contribution in [0.2, 0.25) is 5.02 Å². The minimum absolute atomic E-state index is 0.0813. The molecule has 0 aromatic heterocycles.